The van der Waals surface area contributed by atoms with Gasteiger partial charge in [0.15, 0.2) is 0 Å². The summed E-state index contributed by atoms with van der Waals surface area (Å²) in [5.41, 5.74) is 6.51. The number of hydrogen-bond donors (Lipinski definition) is 2. The Morgan fingerprint density at radius 1 is 1.60 bits per heavy atom. The minimum absolute atomic E-state index is 0.0427. The SMILES string of the molecule is N=C(N)N1CCC(CCc2cccs2)=N1. The number of guanidine groups is 1. The third-order valence-electron chi connectivity index (χ3n) is 2.39. The van der Waals surface area contributed by atoms with Crippen molar-refractivity contribution in [1.82, 2.24) is 5.01 Å². The van der Waals surface area contributed by atoms with Gasteiger partial charge in [0, 0.05) is 23.6 Å². The van der Waals surface area contributed by atoms with Gasteiger partial charge in [-0.3, -0.25) is 5.41 Å². The van der Waals surface area contributed by atoms with E-state index in [4.69, 9.17) is 11.1 Å². The van der Waals surface area contributed by atoms with Crippen LogP contribution in [0.2, 0.25) is 0 Å². The van der Waals surface area contributed by atoms with E-state index in [1.807, 2.05) is 0 Å². The molecule has 0 saturated carbocycles. The molecule has 0 aromatic carbocycles. The summed E-state index contributed by atoms with van der Waals surface area (Å²) in [7, 11) is 0. The summed E-state index contributed by atoms with van der Waals surface area (Å²) in [5.74, 6) is 0.0427. The quantitative estimate of drug-likeness (QED) is 0.603. The molecule has 0 atom stereocenters. The van der Waals surface area contributed by atoms with Crippen LogP contribution in [-0.2, 0) is 6.42 Å². The predicted molar refractivity (Wildman–Crippen MR) is 63.3 cm³/mol. The van der Waals surface area contributed by atoms with Crippen molar-refractivity contribution in [2.75, 3.05) is 6.54 Å². The van der Waals surface area contributed by atoms with Crippen LogP contribution in [0.15, 0.2) is 22.6 Å². The van der Waals surface area contributed by atoms with E-state index in [1.165, 1.54) is 4.88 Å². The zero-order chi connectivity index (χ0) is 10.7. The van der Waals surface area contributed by atoms with E-state index >= 15 is 0 Å². The Balaban J connectivity index is 1.86. The van der Waals surface area contributed by atoms with Crippen LogP contribution in [-0.4, -0.2) is 23.2 Å². The number of rotatable bonds is 3. The van der Waals surface area contributed by atoms with E-state index in [0.29, 0.717) is 0 Å². The van der Waals surface area contributed by atoms with E-state index in [2.05, 4.69) is 22.6 Å². The van der Waals surface area contributed by atoms with Crippen LogP contribution in [0.3, 0.4) is 0 Å². The average Bonchev–Trinajstić information content (AvgIpc) is 2.86. The summed E-state index contributed by atoms with van der Waals surface area (Å²) in [6.07, 6.45) is 2.96. The fraction of sp³-hybridized carbons (Fsp3) is 0.400. The first-order valence-corrected chi connectivity index (χ1v) is 5.84. The van der Waals surface area contributed by atoms with Gasteiger partial charge in [-0.1, -0.05) is 6.07 Å². The second kappa shape index (κ2) is 4.44. The molecular weight excluding hydrogens is 208 g/mol. The first kappa shape index (κ1) is 10.2. The van der Waals surface area contributed by atoms with Crippen LogP contribution >= 0.6 is 11.3 Å². The van der Waals surface area contributed by atoms with Gasteiger partial charge in [0.2, 0.25) is 5.96 Å². The zero-order valence-corrected chi connectivity index (χ0v) is 9.26. The van der Waals surface area contributed by atoms with Crippen LogP contribution in [0, 0.1) is 5.41 Å². The number of nitrogens with one attached hydrogen (secondary N) is 1. The van der Waals surface area contributed by atoms with E-state index < -0.39 is 0 Å². The maximum absolute atomic E-state index is 7.25. The largest absolute Gasteiger partial charge is 0.369 e. The molecule has 1 aromatic rings. The van der Waals surface area contributed by atoms with Crippen molar-refractivity contribution in [3.05, 3.63) is 22.4 Å². The first-order valence-electron chi connectivity index (χ1n) is 4.96. The lowest BCUT2D eigenvalue weighted by molar-refractivity contribution is 0.481. The molecule has 0 amide bonds. The van der Waals surface area contributed by atoms with Gasteiger partial charge in [0.25, 0.3) is 0 Å². The summed E-state index contributed by atoms with van der Waals surface area (Å²) >= 11 is 1.78. The molecule has 1 aliphatic rings. The minimum atomic E-state index is 0.0427. The molecule has 5 heteroatoms. The summed E-state index contributed by atoms with van der Waals surface area (Å²) in [5, 5.41) is 15.2. The molecule has 0 radical (unpaired) electrons. The van der Waals surface area contributed by atoms with E-state index in [-0.39, 0.29) is 5.96 Å². The van der Waals surface area contributed by atoms with Crippen molar-refractivity contribution >= 4 is 23.0 Å². The maximum Gasteiger partial charge on any atom is 0.209 e. The van der Waals surface area contributed by atoms with Gasteiger partial charge in [0.05, 0.1) is 0 Å². The van der Waals surface area contributed by atoms with Crippen LogP contribution in [0.4, 0.5) is 0 Å². The average molecular weight is 222 g/mol. The molecule has 2 heterocycles. The number of nitrogens with two attached hydrogens (primary N) is 1. The fourth-order valence-corrected chi connectivity index (χ4v) is 2.29. The van der Waals surface area contributed by atoms with Crippen molar-refractivity contribution in [3.8, 4) is 0 Å². The highest BCUT2D eigenvalue weighted by Gasteiger charge is 2.15. The first-order chi connectivity index (χ1) is 7.25. The third kappa shape index (κ3) is 2.56. The Hall–Kier alpha value is -1.36. The summed E-state index contributed by atoms with van der Waals surface area (Å²) in [6.45, 7) is 0.759. The van der Waals surface area contributed by atoms with Gasteiger partial charge in [-0.05, 0) is 24.3 Å². The molecule has 0 bridgehead atoms. The Morgan fingerprint density at radius 2 is 2.47 bits per heavy atom. The van der Waals surface area contributed by atoms with E-state index in [1.54, 1.807) is 16.3 Å². The molecule has 80 valence electrons. The van der Waals surface area contributed by atoms with Gasteiger partial charge >= 0.3 is 0 Å². The monoisotopic (exact) mass is 222 g/mol. The van der Waals surface area contributed by atoms with E-state index in [9.17, 15) is 0 Å². The summed E-state index contributed by atoms with van der Waals surface area (Å²) in [4.78, 5) is 1.39. The molecule has 4 nitrogen and oxygen atoms in total. The molecule has 1 aromatic heterocycles. The lowest BCUT2D eigenvalue weighted by Crippen LogP contribution is -2.29. The van der Waals surface area contributed by atoms with Crippen LogP contribution < -0.4 is 5.73 Å². The molecule has 0 aliphatic carbocycles. The van der Waals surface area contributed by atoms with Crippen molar-refractivity contribution < 1.29 is 0 Å². The zero-order valence-electron chi connectivity index (χ0n) is 8.44. The third-order valence-corrected chi connectivity index (χ3v) is 3.33. The number of nitrogens with zero attached hydrogens (tertiary/aromatic N) is 2. The number of thiophene rings is 1. The normalized spacial score (nSPS) is 15.5. The van der Waals surface area contributed by atoms with Gasteiger partial charge in [-0.15, -0.1) is 11.3 Å². The topological polar surface area (TPSA) is 65.5 Å². The van der Waals surface area contributed by atoms with Crippen molar-refractivity contribution in [2.24, 2.45) is 10.8 Å². The van der Waals surface area contributed by atoms with Crippen molar-refractivity contribution in [3.63, 3.8) is 0 Å². The van der Waals surface area contributed by atoms with Crippen molar-refractivity contribution in [1.29, 1.82) is 5.41 Å². The molecule has 15 heavy (non-hydrogen) atoms. The second-order valence-electron chi connectivity index (χ2n) is 3.50. The van der Waals surface area contributed by atoms with Crippen LogP contribution in [0.1, 0.15) is 17.7 Å². The van der Waals surface area contributed by atoms with Crippen molar-refractivity contribution in [2.45, 2.75) is 19.3 Å². The fourth-order valence-electron chi connectivity index (χ4n) is 1.58. The molecule has 3 N–H and O–H groups in total. The smallest absolute Gasteiger partial charge is 0.209 e. The standard InChI is InChI=1S/C10H14N4S/c11-10(12)14-6-5-8(13-14)3-4-9-2-1-7-15-9/h1-2,7H,3-6H2,(H3,11,12). The highest BCUT2D eigenvalue weighted by molar-refractivity contribution is 7.09. The molecule has 0 unspecified atom stereocenters. The maximum atomic E-state index is 7.25. The summed E-state index contributed by atoms with van der Waals surface area (Å²) < 4.78 is 0. The molecular formula is C10H14N4S. The number of hydrazone groups is 1. The Bertz CT molecular complexity index is 369. The lowest BCUT2D eigenvalue weighted by Gasteiger charge is -2.08. The van der Waals surface area contributed by atoms with Gasteiger partial charge < -0.3 is 5.73 Å². The Labute approximate surface area is 92.9 Å². The molecule has 0 spiro atoms. The highest BCUT2D eigenvalue weighted by Crippen LogP contribution is 2.14. The Morgan fingerprint density at radius 3 is 3.07 bits per heavy atom. The number of aryl methyl sites for hydroxylation is 1. The molecule has 0 fully saturated rings. The van der Waals surface area contributed by atoms with Gasteiger partial charge in [-0.25, -0.2) is 5.01 Å². The minimum Gasteiger partial charge on any atom is -0.369 e. The molecule has 1 aliphatic heterocycles. The molecule has 0 saturated heterocycles. The number of hydrogen-bond acceptors (Lipinski definition) is 3. The van der Waals surface area contributed by atoms with Crippen LogP contribution in [0.5, 0.6) is 0 Å². The van der Waals surface area contributed by atoms with Gasteiger partial charge in [0.1, 0.15) is 0 Å². The predicted octanol–water partition coefficient (Wildman–Crippen LogP) is 1.64. The lowest BCUT2D eigenvalue weighted by atomic mass is 10.1. The highest BCUT2D eigenvalue weighted by atomic mass is 32.1. The van der Waals surface area contributed by atoms with Gasteiger partial charge in [-0.2, -0.15) is 5.10 Å². The Kier molecular flexibility index (Phi) is 3.01. The molecule has 2 rings (SSSR count). The van der Waals surface area contributed by atoms with E-state index in [0.717, 1.165) is 31.5 Å². The van der Waals surface area contributed by atoms with Crippen LogP contribution in [0.25, 0.3) is 0 Å². The summed E-state index contributed by atoms with van der Waals surface area (Å²) in [6, 6.07) is 4.21. The second-order valence-corrected chi connectivity index (χ2v) is 4.54.